The highest BCUT2D eigenvalue weighted by Crippen LogP contribution is 2.42. The predicted octanol–water partition coefficient (Wildman–Crippen LogP) is 5.53. The first-order valence-electron chi connectivity index (χ1n) is 13.0. The third-order valence-corrected chi connectivity index (χ3v) is 7.38. The highest BCUT2D eigenvalue weighted by molar-refractivity contribution is 6.02. The van der Waals surface area contributed by atoms with Crippen LogP contribution in [-0.2, 0) is 0 Å². The molecule has 1 aliphatic rings. The molecular formula is C31H30F2N4O2. The lowest BCUT2D eigenvalue weighted by atomic mass is 9.92. The number of aliphatic hydroxyl groups excluding tert-OH is 1. The molecule has 1 aromatic heterocycles. The molecule has 5 rings (SSSR count). The molecule has 3 N–H and O–H groups in total. The number of phenols is 1. The van der Waals surface area contributed by atoms with E-state index in [1.165, 1.54) is 18.2 Å². The Kier molecular flexibility index (Phi) is 7.47. The second kappa shape index (κ2) is 11.0. The number of anilines is 1. The molecule has 0 radical (unpaired) electrons. The molecule has 0 amide bonds. The molecule has 0 aliphatic carbocycles. The topological polar surface area (TPSA) is 92.4 Å². The first-order chi connectivity index (χ1) is 18.8. The van der Waals surface area contributed by atoms with Crippen molar-refractivity contribution in [1.82, 2.24) is 10.3 Å². The highest BCUT2D eigenvalue weighted by atomic mass is 19.1. The molecule has 8 heteroatoms. The number of phenolic OH excluding ortho intramolecular Hbond substituents is 1. The Morgan fingerprint density at radius 3 is 2.54 bits per heavy atom. The van der Waals surface area contributed by atoms with Crippen LogP contribution >= 0.6 is 0 Å². The second-order valence-electron chi connectivity index (χ2n) is 10.2. The van der Waals surface area contributed by atoms with E-state index in [0.29, 0.717) is 22.6 Å². The van der Waals surface area contributed by atoms with Gasteiger partial charge in [0.15, 0.2) is 0 Å². The minimum absolute atomic E-state index is 0.0615. The summed E-state index contributed by atoms with van der Waals surface area (Å²) < 4.78 is 28.8. The zero-order valence-corrected chi connectivity index (χ0v) is 21.9. The van der Waals surface area contributed by atoms with Gasteiger partial charge in [-0.3, -0.25) is 4.98 Å². The van der Waals surface area contributed by atoms with Gasteiger partial charge in [0.1, 0.15) is 23.5 Å². The summed E-state index contributed by atoms with van der Waals surface area (Å²) in [5.41, 5.74) is 4.47. The Morgan fingerprint density at radius 2 is 1.85 bits per heavy atom. The normalized spacial score (nSPS) is 14.3. The number of halogens is 2. The van der Waals surface area contributed by atoms with Crippen LogP contribution < -0.4 is 10.2 Å². The van der Waals surface area contributed by atoms with E-state index in [9.17, 15) is 24.3 Å². The van der Waals surface area contributed by atoms with Gasteiger partial charge in [-0.1, -0.05) is 19.1 Å². The van der Waals surface area contributed by atoms with Gasteiger partial charge < -0.3 is 20.4 Å². The van der Waals surface area contributed by atoms with E-state index in [4.69, 9.17) is 0 Å². The quantitative estimate of drug-likeness (QED) is 0.279. The molecule has 0 saturated carbocycles. The molecule has 200 valence electrons. The van der Waals surface area contributed by atoms with Gasteiger partial charge >= 0.3 is 0 Å². The Bertz CT molecular complexity index is 1550. The summed E-state index contributed by atoms with van der Waals surface area (Å²) in [6.45, 7) is 6.24. The molecule has 39 heavy (non-hydrogen) atoms. The fourth-order valence-corrected chi connectivity index (χ4v) is 5.25. The molecule has 2 heterocycles. The maximum absolute atomic E-state index is 14.4. The number of hydrogen-bond donors (Lipinski definition) is 3. The molecule has 1 unspecified atom stereocenters. The number of rotatable bonds is 8. The van der Waals surface area contributed by atoms with Crippen LogP contribution in [0.2, 0.25) is 0 Å². The van der Waals surface area contributed by atoms with E-state index < -0.39 is 5.82 Å². The molecule has 3 aromatic carbocycles. The number of nitrogens with zero attached hydrogens (tertiary/aromatic N) is 3. The number of fused-ring (bicyclic) bond motifs is 1. The number of aliphatic hydroxyl groups is 1. The predicted molar refractivity (Wildman–Crippen MR) is 149 cm³/mol. The van der Waals surface area contributed by atoms with Gasteiger partial charge in [0.2, 0.25) is 0 Å². The van der Waals surface area contributed by atoms with Crippen LogP contribution in [0.4, 0.5) is 14.5 Å². The molecular weight excluding hydrogens is 498 g/mol. The number of nitriles is 1. The SMILES string of the molecule is CCC(CO)NCC1CN(c2c(-c3cc(C)cc(F)c3)cnc3ccc(-c4cc(F)cc(C#N)c4O)cc23)C1. The Hall–Kier alpha value is -4.06. The largest absolute Gasteiger partial charge is 0.506 e. The van der Waals surface area contributed by atoms with Crippen molar-refractivity contribution in [3.63, 3.8) is 0 Å². The lowest BCUT2D eigenvalue weighted by molar-refractivity contribution is 0.229. The lowest BCUT2D eigenvalue weighted by Gasteiger charge is -2.43. The first kappa shape index (κ1) is 26.5. The summed E-state index contributed by atoms with van der Waals surface area (Å²) in [6.07, 6.45) is 2.59. The molecule has 0 spiro atoms. The van der Waals surface area contributed by atoms with Gasteiger partial charge in [0.05, 0.1) is 23.4 Å². The van der Waals surface area contributed by atoms with Crippen molar-refractivity contribution in [2.45, 2.75) is 26.3 Å². The molecule has 6 nitrogen and oxygen atoms in total. The summed E-state index contributed by atoms with van der Waals surface area (Å²) in [5, 5.41) is 33.7. The molecule has 1 fully saturated rings. The number of nitrogens with one attached hydrogen (secondary N) is 1. The van der Waals surface area contributed by atoms with E-state index in [1.807, 2.05) is 32.0 Å². The summed E-state index contributed by atoms with van der Waals surface area (Å²) >= 11 is 0. The van der Waals surface area contributed by atoms with Crippen LogP contribution in [0.15, 0.2) is 54.7 Å². The average Bonchev–Trinajstić information content (AvgIpc) is 2.90. The van der Waals surface area contributed by atoms with Crippen LogP contribution in [0.25, 0.3) is 33.2 Å². The maximum Gasteiger partial charge on any atom is 0.141 e. The fourth-order valence-electron chi connectivity index (χ4n) is 5.25. The average molecular weight is 529 g/mol. The lowest BCUT2D eigenvalue weighted by Crippen LogP contribution is -2.52. The maximum atomic E-state index is 14.4. The number of pyridine rings is 1. The van der Waals surface area contributed by atoms with Crippen LogP contribution in [-0.4, -0.2) is 47.5 Å². The Balaban J connectivity index is 1.61. The van der Waals surface area contributed by atoms with E-state index in [1.54, 1.807) is 18.3 Å². The van der Waals surface area contributed by atoms with Crippen molar-refractivity contribution in [2.75, 3.05) is 31.1 Å². The van der Waals surface area contributed by atoms with Gasteiger partial charge in [0.25, 0.3) is 0 Å². The van der Waals surface area contributed by atoms with Gasteiger partial charge in [-0.05, 0) is 66.4 Å². The second-order valence-corrected chi connectivity index (χ2v) is 10.2. The van der Waals surface area contributed by atoms with Crippen LogP contribution in [0.1, 0.15) is 24.5 Å². The van der Waals surface area contributed by atoms with Gasteiger partial charge in [0, 0.05) is 54.3 Å². The van der Waals surface area contributed by atoms with Crippen LogP contribution in [0.5, 0.6) is 5.75 Å². The number of benzene rings is 3. The van der Waals surface area contributed by atoms with Crippen LogP contribution in [0, 0.1) is 35.8 Å². The van der Waals surface area contributed by atoms with Crippen molar-refractivity contribution in [1.29, 1.82) is 5.26 Å². The van der Waals surface area contributed by atoms with Crippen LogP contribution in [0.3, 0.4) is 0 Å². The van der Waals surface area contributed by atoms with E-state index >= 15 is 0 Å². The van der Waals surface area contributed by atoms with Gasteiger partial charge in [-0.2, -0.15) is 5.26 Å². The minimum Gasteiger partial charge on any atom is -0.506 e. The number of aromatic nitrogens is 1. The number of aromatic hydroxyl groups is 1. The summed E-state index contributed by atoms with van der Waals surface area (Å²) in [7, 11) is 0. The Labute approximate surface area is 226 Å². The molecule has 0 bridgehead atoms. The summed E-state index contributed by atoms with van der Waals surface area (Å²) in [4.78, 5) is 6.87. The third kappa shape index (κ3) is 5.29. The Morgan fingerprint density at radius 1 is 1.08 bits per heavy atom. The smallest absolute Gasteiger partial charge is 0.141 e. The monoisotopic (exact) mass is 528 g/mol. The molecule has 1 saturated heterocycles. The van der Waals surface area contributed by atoms with Crippen molar-refractivity contribution in [2.24, 2.45) is 5.92 Å². The third-order valence-electron chi connectivity index (χ3n) is 7.38. The summed E-state index contributed by atoms with van der Waals surface area (Å²) in [6, 6.07) is 14.4. The molecule has 1 aliphatic heterocycles. The molecule has 1 atom stereocenters. The van der Waals surface area contributed by atoms with Gasteiger partial charge in [-0.15, -0.1) is 0 Å². The van der Waals surface area contributed by atoms with Crippen molar-refractivity contribution in [3.8, 4) is 34.1 Å². The van der Waals surface area contributed by atoms with Gasteiger partial charge in [-0.25, -0.2) is 8.78 Å². The minimum atomic E-state index is -0.617. The molecule has 4 aromatic rings. The zero-order valence-electron chi connectivity index (χ0n) is 21.9. The van der Waals surface area contributed by atoms with E-state index in [2.05, 4.69) is 15.2 Å². The standard InChI is InChI=1S/C31H30F2N4O2/c1-3-25(17-38)35-13-19-15-37(16-19)30-27-10-20(26-11-24(33)9-22(12-34)31(26)39)4-5-29(27)36-14-28(30)21-6-18(2)7-23(32)8-21/h4-11,14,19,25,35,38-39H,3,13,15-17H2,1-2H3. The van der Waals surface area contributed by atoms with Crippen molar-refractivity contribution in [3.05, 3.63) is 77.5 Å². The van der Waals surface area contributed by atoms with Crippen molar-refractivity contribution < 1.29 is 19.0 Å². The summed E-state index contributed by atoms with van der Waals surface area (Å²) in [5.74, 6) is -0.870. The fraction of sp³-hybridized carbons (Fsp3) is 0.290. The van der Waals surface area contributed by atoms with Crippen molar-refractivity contribution >= 4 is 16.6 Å². The number of aryl methyl sites for hydroxylation is 1. The van der Waals surface area contributed by atoms with E-state index in [-0.39, 0.29) is 35.3 Å². The highest BCUT2D eigenvalue weighted by Gasteiger charge is 2.31. The first-order valence-corrected chi connectivity index (χ1v) is 13.0. The number of hydrogen-bond acceptors (Lipinski definition) is 6. The van der Waals surface area contributed by atoms with E-state index in [0.717, 1.165) is 54.3 Å². The zero-order chi connectivity index (χ0) is 27.7.